The van der Waals surface area contributed by atoms with E-state index in [0.717, 1.165) is 15.9 Å². The van der Waals surface area contributed by atoms with E-state index in [1.54, 1.807) is 16.8 Å². The molecule has 0 saturated heterocycles. The second-order valence-electron chi connectivity index (χ2n) is 5.70. The Morgan fingerprint density at radius 2 is 2.15 bits per heavy atom. The van der Waals surface area contributed by atoms with Crippen molar-refractivity contribution in [3.63, 3.8) is 0 Å². The number of aromatic nitrogens is 1. The SMILES string of the molecule is CC(C)(C)NC(=O)CCNc1ccc2scnc2c1N. The minimum absolute atomic E-state index is 0.0262. The van der Waals surface area contributed by atoms with E-state index < -0.39 is 0 Å². The van der Waals surface area contributed by atoms with Crippen molar-refractivity contribution in [1.29, 1.82) is 0 Å². The lowest BCUT2D eigenvalue weighted by atomic mass is 10.1. The average Bonchev–Trinajstić information content (AvgIpc) is 2.78. The monoisotopic (exact) mass is 292 g/mol. The van der Waals surface area contributed by atoms with Crippen LogP contribution < -0.4 is 16.4 Å². The number of fused-ring (bicyclic) bond motifs is 1. The second kappa shape index (κ2) is 5.66. The van der Waals surface area contributed by atoms with Crippen LogP contribution in [0.1, 0.15) is 27.2 Å². The van der Waals surface area contributed by atoms with Gasteiger partial charge in [-0.1, -0.05) is 0 Å². The van der Waals surface area contributed by atoms with Gasteiger partial charge in [0.15, 0.2) is 0 Å². The highest BCUT2D eigenvalue weighted by Crippen LogP contribution is 2.29. The number of rotatable bonds is 4. The number of anilines is 2. The Labute approximate surface area is 122 Å². The number of carbonyl (C=O) groups excluding carboxylic acids is 1. The fraction of sp³-hybridized carbons (Fsp3) is 0.429. The number of carbonyl (C=O) groups is 1. The van der Waals surface area contributed by atoms with E-state index >= 15 is 0 Å². The molecule has 0 spiro atoms. The number of nitrogens with one attached hydrogen (secondary N) is 2. The third-order valence-electron chi connectivity index (χ3n) is 2.72. The second-order valence-corrected chi connectivity index (χ2v) is 6.59. The highest BCUT2D eigenvalue weighted by molar-refractivity contribution is 7.16. The maximum Gasteiger partial charge on any atom is 0.222 e. The highest BCUT2D eigenvalue weighted by Gasteiger charge is 2.13. The molecule has 4 N–H and O–H groups in total. The van der Waals surface area contributed by atoms with E-state index in [-0.39, 0.29) is 11.4 Å². The van der Waals surface area contributed by atoms with Crippen LogP contribution in [0.5, 0.6) is 0 Å². The Hall–Kier alpha value is -1.82. The van der Waals surface area contributed by atoms with Crippen molar-refractivity contribution in [3.8, 4) is 0 Å². The molecule has 2 rings (SSSR count). The minimum atomic E-state index is -0.199. The number of hydrogen-bond acceptors (Lipinski definition) is 5. The molecule has 2 aromatic rings. The summed E-state index contributed by atoms with van der Waals surface area (Å²) >= 11 is 1.56. The van der Waals surface area contributed by atoms with Gasteiger partial charge < -0.3 is 16.4 Å². The maximum atomic E-state index is 11.7. The Balaban J connectivity index is 1.93. The van der Waals surface area contributed by atoms with Crippen LogP contribution in [0.2, 0.25) is 0 Å². The lowest BCUT2D eigenvalue weighted by molar-refractivity contribution is -0.122. The van der Waals surface area contributed by atoms with Crippen molar-refractivity contribution in [1.82, 2.24) is 10.3 Å². The van der Waals surface area contributed by atoms with Gasteiger partial charge in [-0.15, -0.1) is 11.3 Å². The molecular formula is C14H20N4OS. The molecule has 0 bridgehead atoms. The van der Waals surface area contributed by atoms with Crippen molar-refractivity contribution in [2.45, 2.75) is 32.7 Å². The van der Waals surface area contributed by atoms with E-state index in [9.17, 15) is 4.79 Å². The molecule has 5 nitrogen and oxygen atoms in total. The van der Waals surface area contributed by atoms with Crippen molar-refractivity contribution in [3.05, 3.63) is 17.6 Å². The molecule has 0 saturated carbocycles. The fourth-order valence-corrected chi connectivity index (χ4v) is 2.59. The van der Waals surface area contributed by atoms with Crippen LogP contribution in [0.3, 0.4) is 0 Å². The first kappa shape index (κ1) is 14.6. The van der Waals surface area contributed by atoms with Crippen molar-refractivity contribution >= 4 is 38.8 Å². The van der Waals surface area contributed by atoms with Crippen molar-refractivity contribution in [2.75, 3.05) is 17.6 Å². The van der Waals surface area contributed by atoms with Gasteiger partial charge in [0, 0.05) is 18.5 Å². The van der Waals surface area contributed by atoms with Crippen LogP contribution >= 0.6 is 11.3 Å². The van der Waals surface area contributed by atoms with Gasteiger partial charge in [-0.25, -0.2) is 4.98 Å². The van der Waals surface area contributed by atoms with Crippen molar-refractivity contribution < 1.29 is 4.79 Å². The van der Waals surface area contributed by atoms with Crippen molar-refractivity contribution in [2.24, 2.45) is 0 Å². The third kappa shape index (κ3) is 3.60. The number of benzene rings is 1. The molecule has 0 aliphatic rings. The summed E-state index contributed by atoms with van der Waals surface area (Å²) in [5, 5.41) is 6.11. The molecule has 1 aromatic carbocycles. The molecule has 1 aromatic heterocycles. The van der Waals surface area contributed by atoms with Gasteiger partial charge in [0.2, 0.25) is 5.91 Å². The normalized spacial score (nSPS) is 11.6. The summed E-state index contributed by atoms with van der Waals surface area (Å²) in [7, 11) is 0. The van der Waals surface area contributed by atoms with E-state index in [1.807, 2.05) is 32.9 Å². The molecule has 0 aliphatic heterocycles. The first-order valence-corrected chi connectivity index (χ1v) is 7.41. The standard InChI is InChI=1S/C14H20N4OS/c1-14(2,3)18-11(19)6-7-16-9-4-5-10-13(12(9)15)17-8-20-10/h4-5,8,16H,6-7,15H2,1-3H3,(H,18,19). The summed E-state index contributed by atoms with van der Waals surface area (Å²) in [5.74, 6) is 0.0262. The lowest BCUT2D eigenvalue weighted by Crippen LogP contribution is -2.41. The molecule has 0 radical (unpaired) electrons. The number of hydrogen-bond donors (Lipinski definition) is 3. The first-order chi connectivity index (χ1) is 9.37. The summed E-state index contributed by atoms with van der Waals surface area (Å²) in [6, 6.07) is 3.92. The number of nitrogens with zero attached hydrogens (tertiary/aromatic N) is 1. The lowest BCUT2D eigenvalue weighted by Gasteiger charge is -2.20. The largest absolute Gasteiger partial charge is 0.395 e. The Morgan fingerprint density at radius 3 is 2.85 bits per heavy atom. The van der Waals surface area contributed by atoms with Crippen LogP contribution in [0, 0.1) is 0 Å². The van der Waals surface area contributed by atoms with Crippen LogP contribution in [-0.2, 0) is 4.79 Å². The Morgan fingerprint density at radius 1 is 1.40 bits per heavy atom. The Kier molecular flexibility index (Phi) is 4.13. The van der Waals surface area contributed by atoms with Crippen LogP contribution in [-0.4, -0.2) is 23.0 Å². The predicted octanol–water partition coefficient (Wildman–Crippen LogP) is 2.60. The van der Waals surface area contributed by atoms with E-state index in [1.165, 1.54) is 0 Å². The molecule has 20 heavy (non-hydrogen) atoms. The fourth-order valence-electron chi connectivity index (χ4n) is 1.90. The summed E-state index contributed by atoms with van der Waals surface area (Å²) in [6.07, 6.45) is 0.409. The molecule has 0 unspecified atom stereocenters. The van der Waals surface area contributed by atoms with Gasteiger partial charge in [-0.2, -0.15) is 0 Å². The molecular weight excluding hydrogens is 272 g/mol. The zero-order valence-electron chi connectivity index (χ0n) is 12.0. The average molecular weight is 292 g/mol. The number of nitrogen functional groups attached to an aromatic ring is 1. The summed E-state index contributed by atoms with van der Waals surface area (Å²) in [6.45, 7) is 6.44. The minimum Gasteiger partial charge on any atom is -0.395 e. The van der Waals surface area contributed by atoms with Gasteiger partial charge in [0.25, 0.3) is 0 Å². The summed E-state index contributed by atoms with van der Waals surface area (Å²) < 4.78 is 1.07. The first-order valence-electron chi connectivity index (χ1n) is 6.53. The molecule has 1 heterocycles. The summed E-state index contributed by atoms with van der Waals surface area (Å²) in [5.41, 5.74) is 9.93. The van der Waals surface area contributed by atoms with Gasteiger partial charge >= 0.3 is 0 Å². The molecule has 0 aliphatic carbocycles. The zero-order chi connectivity index (χ0) is 14.8. The zero-order valence-corrected chi connectivity index (χ0v) is 12.8. The number of amides is 1. The topological polar surface area (TPSA) is 80.0 Å². The molecule has 1 amide bonds. The van der Waals surface area contributed by atoms with Gasteiger partial charge in [-0.05, 0) is 32.9 Å². The maximum absolute atomic E-state index is 11.7. The van der Waals surface area contributed by atoms with Gasteiger partial charge in [-0.3, -0.25) is 4.79 Å². The number of nitrogens with two attached hydrogens (primary N) is 1. The van der Waals surface area contributed by atoms with Crippen LogP contribution in [0.15, 0.2) is 17.6 Å². The smallest absolute Gasteiger partial charge is 0.222 e. The highest BCUT2D eigenvalue weighted by atomic mass is 32.1. The van der Waals surface area contributed by atoms with E-state index in [2.05, 4.69) is 15.6 Å². The summed E-state index contributed by atoms with van der Waals surface area (Å²) in [4.78, 5) is 16.0. The molecule has 0 atom stereocenters. The Bertz CT molecular complexity index is 615. The van der Waals surface area contributed by atoms with E-state index in [0.29, 0.717) is 18.7 Å². The third-order valence-corrected chi connectivity index (χ3v) is 3.52. The predicted molar refractivity (Wildman–Crippen MR) is 85.0 cm³/mol. The number of thiazole rings is 1. The molecule has 0 fully saturated rings. The van der Waals surface area contributed by atoms with E-state index in [4.69, 9.17) is 5.73 Å². The molecule has 108 valence electrons. The quantitative estimate of drug-likeness (QED) is 0.757. The van der Waals surface area contributed by atoms with Gasteiger partial charge in [0.1, 0.15) is 5.52 Å². The van der Waals surface area contributed by atoms with Crippen LogP contribution in [0.25, 0.3) is 10.2 Å². The molecule has 6 heteroatoms. The van der Waals surface area contributed by atoms with Crippen LogP contribution in [0.4, 0.5) is 11.4 Å². The van der Waals surface area contributed by atoms with Gasteiger partial charge in [0.05, 0.1) is 21.6 Å².